The van der Waals surface area contributed by atoms with Crippen LogP contribution in [0.25, 0.3) is 10.1 Å². The lowest BCUT2D eigenvalue weighted by Gasteiger charge is -2.35. The molecule has 1 saturated heterocycles. The fourth-order valence-electron chi connectivity index (χ4n) is 2.57. The Balaban J connectivity index is 1.74. The zero-order valence-electron chi connectivity index (χ0n) is 10.00. The number of amides is 1. The van der Waals surface area contributed by atoms with E-state index < -0.39 is 0 Å². The van der Waals surface area contributed by atoms with E-state index in [9.17, 15) is 4.79 Å². The molecule has 2 unspecified atom stereocenters. The smallest absolute Gasteiger partial charge is 0.230 e. The molecule has 3 aromatic rings. The Kier molecular flexibility index (Phi) is 2.47. The van der Waals surface area contributed by atoms with Gasteiger partial charge in [-0.25, -0.2) is 0 Å². The summed E-state index contributed by atoms with van der Waals surface area (Å²) in [6.07, 6.45) is 0. The van der Waals surface area contributed by atoms with Gasteiger partial charge in [0.05, 0.1) is 12.0 Å². The van der Waals surface area contributed by atoms with Crippen molar-refractivity contribution in [3.8, 4) is 0 Å². The first-order valence-electron chi connectivity index (χ1n) is 6.14. The molecule has 1 aliphatic rings. The van der Waals surface area contributed by atoms with E-state index in [0.29, 0.717) is 0 Å². The molecule has 0 bridgehead atoms. The van der Waals surface area contributed by atoms with Gasteiger partial charge >= 0.3 is 0 Å². The van der Waals surface area contributed by atoms with Crippen LogP contribution in [0.2, 0.25) is 0 Å². The van der Waals surface area contributed by atoms with Crippen molar-refractivity contribution in [2.24, 2.45) is 0 Å². The lowest BCUT2D eigenvalue weighted by atomic mass is 9.84. The third-order valence-electron chi connectivity index (χ3n) is 3.57. The molecule has 4 heteroatoms. The number of hydrogen-bond donors (Lipinski definition) is 1. The summed E-state index contributed by atoms with van der Waals surface area (Å²) in [7, 11) is 0. The van der Waals surface area contributed by atoms with Gasteiger partial charge in [0.25, 0.3) is 0 Å². The largest absolute Gasteiger partial charge is 0.347 e. The number of rotatable bonds is 2. The van der Waals surface area contributed by atoms with Crippen LogP contribution >= 0.6 is 22.7 Å². The van der Waals surface area contributed by atoms with Crippen LogP contribution in [0.4, 0.5) is 0 Å². The Bertz CT molecular complexity index is 711. The maximum absolute atomic E-state index is 11.8. The summed E-state index contributed by atoms with van der Waals surface area (Å²) in [5.74, 6) is 0.125. The third kappa shape index (κ3) is 1.71. The minimum absolute atomic E-state index is 0.0145. The minimum atomic E-state index is -0.0145. The van der Waals surface area contributed by atoms with Crippen molar-refractivity contribution in [2.75, 3.05) is 0 Å². The van der Waals surface area contributed by atoms with Gasteiger partial charge in [-0.1, -0.05) is 18.2 Å². The molecule has 4 rings (SSSR count). The third-order valence-corrected chi connectivity index (χ3v) is 5.47. The lowest BCUT2D eigenvalue weighted by molar-refractivity contribution is -0.130. The summed E-state index contributed by atoms with van der Waals surface area (Å²) in [6.45, 7) is 0. The highest BCUT2D eigenvalue weighted by Gasteiger charge is 2.42. The van der Waals surface area contributed by atoms with Crippen molar-refractivity contribution in [2.45, 2.75) is 12.0 Å². The Morgan fingerprint density at radius 2 is 2.05 bits per heavy atom. The lowest BCUT2D eigenvalue weighted by Crippen LogP contribution is -2.49. The summed E-state index contributed by atoms with van der Waals surface area (Å²) in [6, 6.07) is 12.7. The predicted octanol–water partition coefficient (Wildman–Crippen LogP) is 3.92. The van der Waals surface area contributed by atoms with Crippen molar-refractivity contribution in [1.82, 2.24) is 5.32 Å². The highest BCUT2D eigenvalue weighted by molar-refractivity contribution is 7.19. The van der Waals surface area contributed by atoms with Crippen LogP contribution in [-0.4, -0.2) is 5.91 Å². The molecule has 94 valence electrons. The van der Waals surface area contributed by atoms with Gasteiger partial charge in [0, 0.05) is 9.58 Å². The summed E-state index contributed by atoms with van der Waals surface area (Å²) < 4.78 is 1.28. The number of fused-ring (bicyclic) bond motifs is 1. The summed E-state index contributed by atoms with van der Waals surface area (Å²) in [5, 5.41) is 8.40. The quantitative estimate of drug-likeness (QED) is 0.710. The van der Waals surface area contributed by atoms with E-state index in [-0.39, 0.29) is 17.9 Å². The number of carbonyl (C=O) groups is 1. The topological polar surface area (TPSA) is 29.1 Å². The second-order valence-electron chi connectivity index (χ2n) is 4.71. The molecule has 1 amide bonds. The van der Waals surface area contributed by atoms with E-state index in [0.717, 1.165) is 5.56 Å². The molecule has 19 heavy (non-hydrogen) atoms. The molecule has 2 nitrogen and oxygen atoms in total. The number of benzene rings is 1. The molecule has 0 saturated carbocycles. The zero-order valence-corrected chi connectivity index (χ0v) is 11.6. The van der Waals surface area contributed by atoms with Crippen LogP contribution in [-0.2, 0) is 4.79 Å². The number of nitrogens with one attached hydrogen (secondary N) is 1. The molecule has 2 atom stereocenters. The Labute approximate surface area is 118 Å². The van der Waals surface area contributed by atoms with Crippen molar-refractivity contribution in [3.63, 3.8) is 0 Å². The minimum Gasteiger partial charge on any atom is -0.347 e. The Morgan fingerprint density at radius 3 is 2.79 bits per heavy atom. The molecular weight excluding hydrogens is 274 g/mol. The van der Waals surface area contributed by atoms with Crippen molar-refractivity contribution < 1.29 is 4.79 Å². The first-order chi connectivity index (χ1) is 9.33. The first-order valence-corrected chi connectivity index (χ1v) is 7.90. The van der Waals surface area contributed by atoms with Crippen LogP contribution in [0, 0.1) is 0 Å². The molecule has 2 aromatic heterocycles. The van der Waals surface area contributed by atoms with Crippen LogP contribution in [0.15, 0.2) is 47.2 Å². The zero-order chi connectivity index (χ0) is 12.8. The molecule has 0 radical (unpaired) electrons. The molecular formula is C15H11NOS2. The van der Waals surface area contributed by atoms with Gasteiger partial charge in [-0.15, -0.1) is 11.3 Å². The highest BCUT2D eigenvalue weighted by atomic mass is 32.1. The molecule has 3 heterocycles. The fraction of sp³-hybridized carbons (Fsp3) is 0.133. The van der Waals surface area contributed by atoms with Gasteiger partial charge in [0.15, 0.2) is 0 Å². The van der Waals surface area contributed by atoms with Gasteiger partial charge in [0.2, 0.25) is 5.91 Å². The normalized spacial score (nSPS) is 22.2. The average Bonchev–Trinajstić information content (AvgIpc) is 3.03. The van der Waals surface area contributed by atoms with Gasteiger partial charge in [-0.05, 0) is 39.9 Å². The second-order valence-corrected chi connectivity index (χ2v) is 6.60. The SMILES string of the molecule is O=C1NC(c2cc3ccccc3s2)C1c1ccsc1. The van der Waals surface area contributed by atoms with Crippen molar-refractivity contribution in [3.05, 3.63) is 57.6 Å². The molecule has 0 spiro atoms. The summed E-state index contributed by atoms with van der Waals surface area (Å²) in [4.78, 5) is 13.1. The van der Waals surface area contributed by atoms with Gasteiger partial charge in [-0.2, -0.15) is 11.3 Å². The van der Waals surface area contributed by atoms with Crippen LogP contribution in [0.1, 0.15) is 22.4 Å². The van der Waals surface area contributed by atoms with E-state index in [2.05, 4.69) is 41.0 Å². The summed E-state index contributed by atoms with van der Waals surface area (Å²) in [5.41, 5.74) is 1.14. The van der Waals surface area contributed by atoms with E-state index >= 15 is 0 Å². The van der Waals surface area contributed by atoms with E-state index in [1.54, 1.807) is 22.7 Å². The fourth-order valence-corrected chi connectivity index (χ4v) is 4.42. The Hall–Kier alpha value is -1.65. The second kappa shape index (κ2) is 4.18. The van der Waals surface area contributed by atoms with Crippen molar-refractivity contribution in [1.29, 1.82) is 0 Å². The number of β-lactam (4-membered cyclic amide) rings is 1. The van der Waals surface area contributed by atoms with E-state index in [1.165, 1.54) is 15.0 Å². The Morgan fingerprint density at radius 1 is 1.16 bits per heavy atom. The predicted molar refractivity (Wildman–Crippen MR) is 79.8 cm³/mol. The molecule has 1 aromatic carbocycles. The van der Waals surface area contributed by atoms with E-state index in [1.807, 2.05) is 11.4 Å². The maximum Gasteiger partial charge on any atom is 0.230 e. The monoisotopic (exact) mass is 285 g/mol. The van der Waals surface area contributed by atoms with E-state index in [4.69, 9.17) is 0 Å². The van der Waals surface area contributed by atoms with Crippen LogP contribution < -0.4 is 5.32 Å². The highest BCUT2D eigenvalue weighted by Crippen LogP contribution is 2.43. The maximum atomic E-state index is 11.8. The number of thiophene rings is 2. The van der Waals surface area contributed by atoms with Crippen LogP contribution in [0.3, 0.4) is 0 Å². The van der Waals surface area contributed by atoms with Gasteiger partial charge in [-0.3, -0.25) is 4.79 Å². The van der Waals surface area contributed by atoms with Crippen molar-refractivity contribution >= 4 is 38.7 Å². The van der Waals surface area contributed by atoms with Gasteiger partial charge < -0.3 is 5.32 Å². The molecule has 1 aliphatic heterocycles. The molecule has 1 fully saturated rings. The van der Waals surface area contributed by atoms with Crippen LogP contribution in [0.5, 0.6) is 0 Å². The first kappa shape index (κ1) is 11.2. The summed E-state index contributed by atoms with van der Waals surface area (Å²) >= 11 is 3.42. The number of hydrogen-bond acceptors (Lipinski definition) is 3. The molecule has 0 aliphatic carbocycles. The van der Waals surface area contributed by atoms with Gasteiger partial charge in [0.1, 0.15) is 0 Å². The average molecular weight is 285 g/mol. The number of carbonyl (C=O) groups excluding carboxylic acids is 1. The molecule has 1 N–H and O–H groups in total. The standard InChI is InChI=1S/C15H11NOS2/c17-15-13(10-5-6-18-8-10)14(16-15)12-7-9-3-1-2-4-11(9)19-12/h1-8,13-14H,(H,16,17).